The van der Waals surface area contributed by atoms with E-state index in [1.165, 1.54) is 16.8 Å². The SMILES string of the molecule is CNC(Cc1c(Br)c(C)nn1C)c1cnccc1C. The van der Waals surface area contributed by atoms with E-state index in [2.05, 4.69) is 38.3 Å². The number of rotatable bonds is 4. The van der Waals surface area contributed by atoms with Gasteiger partial charge in [0.25, 0.3) is 0 Å². The zero-order valence-corrected chi connectivity index (χ0v) is 13.3. The number of halogens is 1. The maximum Gasteiger partial charge on any atom is 0.0738 e. The number of aromatic nitrogens is 3. The van der Waals surface area contributed by atoms with Gasteiger partial charge in [0, 0.05) is 31.9 Å². The number of aryl methyl sites for hydroxylation is 3. The van der Waals surface area contributed by atoms with Crippen LogP contribution >= 0.6 is 15.9 Å². The minimum atomic E-state index is 0.236. The van der Waals surface area contributed by atoms with Crippen molar-refractivity contribution in [3.05, 3.63) is 45.4 Å². The van der Waals surface area contributed by atoms with Crippen molar-refractivity contribution in [1.29, 1.82) is 0 Å². The van der Waals surface area contributed by atoms with Gasteiger partial charge in [0.2, 0.25) is 0 Å². The zero-order valence-electron chi connectivity index (χ0n) is 11.7. The Hall–Kier alpha value is -1.20. The lowest BCUT2D eigenvalue weighted by atomic mass is 9.99. The van der Waals surface area contributed by atoms with Crippen molar-refractivity contribution in [3.8, 4) is 0 Å². The lowest BCUT2D eigenvalue weighted by molar-refractivity contribution is 0.556. The molecule has 0 amide bonds. The highest BCUT2D eigenvalue weighted by atomic mass is 79.9. The smallest absolute Gasteiger partial charge is 0.0738 e. The molecule has 4 nitrogen and oxygen atoms in total. The van der Waals surface area contributed by atoms with Crippen LogP contribution < -0.4 is 5.32 Å². The monoisotopic (exact) mass is 322 g/mol. The lowest BCUT2D eigenvalue weighted by Gasteiger charge is -2.18. The van der Waals surface area contributed by atoms with E-state index >= 15 is 0 Å². The van der Waals surface area contributed by atoms with Gasteiger partial charge >= 0.3 is 0 Å². The standard InChI is InChI=1S/C14H19BrN4/c1-9-5-6-17-8-11(9)12(16-3)7-13-14(15)10(2)18-19(13)4/h5-6,8,12,16H,7H2,1-4H3. The van der Waals surface area contributed by atoms with Crippen molar-refractivity contribution in [3.63, 3.8) is 0 Å². The molecule has 1 atom stereocenters. The third kappa shape index (κ3) is 2.87. The Labute approximate surface area is 122 Å². The average molecular weight is 323 g/mol. The first-order valence-corrected chi connectivity index (χ1v) is 7.09. The Kier molecular flexibility index (Phi) is 4.37. The molecule has 0 aliphatic rings. The third-order valence-electron chi connectivity index (χ3n) is 3.46. The summed E-state index contributed by atoms with van der Waals surface area (Å²) in [4.78, 5) is 4.23. The minimum Gasteiger partial charge on any atom is -0.313 e. The summed E-state index contributed by atoms with van der Waals surface area (Å²) in [6, 6.07) is 2.28. The second kappa shape index (κ2) is 5.84. The van der Waals surface area contributed by atoms with E-state index in [1.54, 1.807) is 0 Å². The summed E-state index contributed by atoms with van der Waals surface area (Å²) in [7, 11) is 3.96. The van der Waals surface area contributed by atoms with E-state index in [9.17, 15) is 0 Å². The molecule has 0 saturated heterocycles. The van der Waals surface area contributed by atoms with Gasteiger partial charge in [-0.05, 0) is 54.0 Å². The largest absolute Gasteiger partial charge is 0.313 e. The van der Waals surface area contributed by atoms with Crippen molar-refractivity contribution < 1.29 is 0 Å². The molecule has 0 saturated carbocycles. The molecular weight excluding hydrogens is 304 g/mol. The molecule has 2 aromatic heterocycles. The molecule has 19 heavy (non-hydrogen) atoms. The topological polar surface area (TPSA) is 42.7 Å². The molecule has 2 heterocycles. The van der Waals surface area contributed by atoms with Crippen LogP contribution in [0.4, 0.5) is 0 Å². The van der Waals surface area contributed by atoms with Gasteiger partial charge in [-0.3, -0.25) is 9.67 Å². The number of hydrogen-bond acceptors (Lipinski definition) is 3. The van der Waals surface area contributed by atoms with Gasteiger partial charge in [0.1, 0.15) is 0 Å². The second-order valence-electron chi connectivity index (χ2n) is 4.75. The molecule has 0 bridgehead atoms. The number of hydrogen-bond donors (Lipinski definition) is 1. The molecule has 5 heteroatoms. The fourth-order valence-electron chi connectivity index (χ4n) is 2.30. The molecule has 0 aromatic carbocycles. The van der Waals surface area contributed by atoms with Gasteiger partial charge in [-0.2, -0.15) is 5.10 Å². The molecule has 2 rings (SSSR count). The van der Waals surface area contributed by atoms with E-state index in [0.29, 0.717) is 0 Å². The van der Waals surface area contributed by atoms with E-state index in [0.717, 1.165) is 16.6 Å². The first-order valence-electron chi connectivity index (χ1n) is 6.30. The van der Waals surface area contributed by atoms with Crippen molar-refractivity contribution in [1.82, 2.24) is 20.1 Å². The zero-order chi connectivity index (χ0) is 14.0. The molecule has 0 aliphatic heterocycles. The molecule has 0 fully saturated rings. The van der Waals surface area contributed by atoms with Crippen LogP contribution in [0.1, 0.15) is 28.6 Å². The van der Waals surface area contributed by atoms with Gasteiger partial charge in [0.15, 0.2) is 0 Å². The van der Waals surface area contributed by atoms with Gasteiger partial charge in [-0.15, -0.1) is 0 Å². The van der Waals surface area contributed by atoms with Crippen molar-refractivity contribution in [2.75, 3.05) is 7.05 Å². The summed E-state index contributed by atoms with van der Waals surface area (Å²) in [5.74, 6) is 0. The molecule has 2 aromatic rings. The summed E-state index contributed by atoms with van der Waals surface area (Å²) in [6.45, 7) is 4.13. The third-order valence-corrected chi connectivity index (χ3v) is 4.49. The first kappa shape index (κ1) is 14.2. The fraction of sp³-hybridized carbons (Fsp3) is 0.429. The van der Waals surface area contributed by atoms with E-state index in [4.69, 9.17) is 0 Å². The number of pyridine rings is 1. The summed E-state index contributed by atoms with van der Waals surface area (Å²) < 4.78 is 3.03. The Morgan fingerprint density at radius 1 is 1.42 bits per heavy atom. The number of likely N-dealkylation sites (N-methyl/N-ethyl adjacent to an activating group) is 1. The van der Waals surface area contributed by atoms with E-state index in [1.807, 2.05) is 44.2 Å². The fourth-order valence-corrected chi connectivity index (χ4v) is 2.80. The first-order chi connectivity index (χ1) is 9.04. The molecule has 0 radical (unpaired) electrons. The Balaban J connectivity index is 2.32. The minimum absolute atomic E-state index is 0.236. The van der Waals surface area contributed by atoms with E-state index < -0.39 is 0 Å². The molecular formula is C14H19BrN4. The molecule has 102 valence electrons. The quantitative estimate of drug-likeness (QED) is 0.941. The van der Waals surface area contributed by atoms with Crippen molar-refractivity contribution >= 4 is 15.9 Å². The summed E-state index contributed by atoms with van der Waals surface area (Å²) >= 11 is 3.62. The predicted molar refractivity (Wildman–Crippen MR) is 80.1 cm³/mol. The molecule has 1 unspecified atom stereocenters. The molecule has 0 aliphatic carbocycles. The van der Waals surface area contributed by atoms with Crippen LogP contribution in [0, 0.1) is 13.8 Å². The van der Waals surface area contributed by atoms with Gasteiger partial charge in [0.05, 0.1) is 15.9 Å². The lowest BCUT2D eigenvalue weighted by Crippen LogP contribution is -2.21. The Morgan fingerprint density at radius 2 is 2.16 bits per heavy atom. The maximum atomic E-state index is 4.44. The summed E-state index contributed by atoms with van der Waals surface area (Å²) in [6.07, 6.45) is 4.64. The van der Waals surface area contributed by atoms with Crippen LogP contribution in [-0.2, 0) is 13.5 Å². The van der Waals surface area contributed by atoms with Crippen LogP contribution in [0.5, 0.6) is 0 Å². The van der Waals surface area contributed by atoms with Gasteiger partial charge in [-0.25, -0.2) is 0 Å². The van der Waals surface area contributed by atoms with Gasteiger partial charge < -0.3 is 5.32 Å². The van der Waals surface area contributed by atoms with Crippen molar-refractivity contribution in [2.24, 2.45) is 7.05 Å². The highest BCUT2D eigenvalue weighted by molar-refractivity contribution is 9.10. The Morgan fingerprint density at radius 3 is 2.68 bits per heavy atom. The summed E-state index contributed by atoms with van der Waals surface area (Å²) in [5.41, 5.74) is 4.70. The molecule has 1 N–H and O–H groups in total. The Bertz CT molecular complexity index is 577. The van der Waals surface area contributed by atoms with Crippen LogP contribution in [0.3, 0.4) is 0 Å². The predicted octanol–water partition coefficient (Wildman–Crippen LogP) is 2.70. The molecule has 0 spiro atoms. The second-order valence-corrected chi connectivity index (χ2v) is 5.54. The van der Waals surface area contributed by atoms with Crippen LogP contribution in [0.15, 0.2) is 22.9 Å². The van der Waals surface area contributed by atoms with Gasteiger partial charge in [-0.1, -0.05) is 0 Å². The van der Waals surface area contributed by atoms with Crippen LogP contribution in [0.2, 0.25) is 0 Å². The normalized spacial score (nSPS) is 12.7. The maximum absolute atomic E-state index is 4.44. The van der Waals surface area contributed by atoms with E-state index in [-0.39, 0.29) is 6.04 Å². The van der Waals surface area contributed by atoms with Crippen LogP contribution in [-0.4, -0.2) is 21.8 Å². The number of nitrogens with zero attached hydrogens (tertiary/aromatic N) is 3. The highest BCUT2D eigenvalue weighted by Gasteiger charge is 2.18. The highest BCUT2D eigenvalue weighted by Crippen LogP contribution is 2.26. The number of nitrogens with one attached hydrogen (secondary N) is 1. The average Bonchev–Trinajstić information content (AvgIpc) is 2.63. The summed E-state index contributed by atoms with van der Waals surface area (Å²) in [5, 5.41) is 7.81. The van der Waals surface area contributed by atoms with Crippen molar-refractivity contribution in [2.45, 2.75) is 26.3 Å². The van der Waals surface area contributed by atoms with Crippen LogP contribution in [0.25, 0.3) is 0 Å².